The number of rotatable bonds is 28. The summed E-state index contributed by atoms with van der Waals surface area (Å²) >= 11 is 0. The Kier molecular flexibility index (Phi) is 47.1. The smallest absolute Gasteiger partial charge is 0.350 e. The molecule has 87 heavy (non-hydrogen) atoms. The van der Waals surface area contributed by atoms with Crippen LogP contribution in [0, 0.1) is 5.92 Å². The minimum absolute atomic E-state index is 0.00658. The first-order chi connectivity index (χ1) is 39.8. The Morgan fingerprint density at radius 1 is 0.356 bits per heavy atom. The largest absolute Gasteiger partial charge is 0.463 e. The lowest BCUT2D eigenvalue weighted by molar-refractivity contribution is -0.181. The molecule has 0 bridgehead atoms. The van der Waals surface area contributed by atoms with E-state index in [9.17, 15) is 57.5 Å². The van der Waals surface area contributed by atoms with Crippen LogP contribution in [0.2, 0.25) is 0 Å². The molecule has 24 heteroatoms. The van der Waals surface area contributed by atoms with Crippen LogP contribution in [0.5, 0.6) is 0 Å². The van der Waals surface area contributed by atoms with Crippen molar-refractivity contribution in [2.75, 3.05) is 26.4 Å². The first-order valence-electron chi connectivity index (χ1n) is 30.3. The summed E-state index contributed by atoms with van der Waals surface area (Å²) in [5.41, 5.74) is -7.10. The van der Waals surface area contributed by atoms with E-state index < -0.39 is 99.3 Å². The molecule has 24 nitrogen and oxygen atoms in total. The van der Waals surface area contributed by atoms with Gasteiger partial charge in [-0.3, -0.25) is 28.8 Å². The highest BCUT2D eigenvalue weighted by atomic mass is 16.6. The van der Waals surface area contributed by atoms with E-state index in [2.05, 4.69) is 0 Å². The molecule has 0 radical (unpaired) electrons. The number of ether oxygens (including phenoxy) is 12. The first-order valence-corrected chi connectivity index (χ1v) is 30.3. The highest BCUT2D eigenvalue weighted by Gasteiger charge is 2.38. The van der Waals surface area contributed by atoms with Gasteiger partial charge in [-0.15, -0.1) is 0 Å². The van der Waals surface area contributed by atoms with Crippen LogP contribution in [0.15, 0.2) is 0 Å². The van der Waals surface area contributed by atoms with Gasteiger partial charge in [-0.05, 0) is 148 Å². The summed E-state index contributed by atoms with van der Waals surface area (Å²) < 4.78 is 59.6. The highest BCUT2D eigenvalue weighted by Crippen LogP contribution is 2.24. The zero-order valence-corrected chi connectivity index (χ0v) is 57.6. The SMILES string of the molecule is CCC(=O)OC(C)(C)C(=O)OC(C)C.CCC(=O)OC(C)(C)C(=O)OC1CCCC1.CCC(=O)OC(C)(C)C(=O)OCC(C)C.CCCCOC(=O)C(C)(C)OC(=O)CC.CCCOC(=O)C(C)(C)OC(=O)CC.CCOC(=O)C(C)(C)OC(=O)CC. The molecular weight excluding hydrogens is 1140 g/mol. The van der Waals surface area contributed by atoms with Crippen LogP contribution in [0.25, 0.3) is 0 Å². The van der Waals surface area contributed by atoms with Gasteiger partial charge in [-0.2, -0.15) is 0 Å². The van der Waals surface area contributed by atoms with E-state index in [1.165, 1.54) is 69.2 Å². The van der Waals surface area contributed by atoms with Gasteiger partial charge in [0.25, 0.3) is 0 Å². The van der Waals surface area contributed by atoms with Crippen molar-refractivity contribution < 1.29 is 114 Å². The van der Waals surface area contributed by atoms with E-state index in [0.29, 0.717) is 19.8 Å². The Morgan fingerprint density at radius 3 is 0.897 bits per heavy atom. The van der Waals surface area contributed by atoms with Crippen molar-refractivity contribution in [2.24, 2.45) is 5.92 Å². The normalized spacial score (nSPS) is 12.2. The van der Waals surface area contributed by atoms with Crippen molar-refractivity contribution in [3.05, 3.63) is 0 Å². The van der Waals surface area contributed by atoms with E-state index in [1.807, 2.05) is 27.7 Å². The molecule has 1 aliphatic rings. The first kappa shape index (κ1) is 89.4. The van der Waals surface area contributed by atoms with E-state index in [0.717, 1.165) is 44.9 Å². The van der Waals surface area contributed by atoms with Gasteiger partial charge in [-0.25, -0.2) is 28.8 Å². The van der Waals surface area contributed by atoms with Gasteiger partial charge in [0.2, 0.25) is 33.6 Å². The van der Waals surface area contributed by atoms with Gasteiger partial charge in [-0.1, -0.05) is 75.7 Å². The van der Waals surface area contributed by atoms with Crippen molar-refractivity contribution in [3.8, 4) is 0 Å². The Hall–Kier alpha value is -6.36. The lowest BCUT2D eigenvalue weighted by atomic mass is 10.1. The Balaban J connectivity index is -0.000000310. The minimum Gasteiger partial charge on any atom is -0.463 e. The third kappa shape index (κ3) is 44.7. The van der Waals surface area contributed by atoms with Crippen LogP contribution in [0.3, 0.4) is 0 Å². The lowest BCUT2D eigenvalue weighted by Gasteiger charge is -2.24. The fraction of sp³-hybridized carbons (Fsp3) is 0.810. The van der Waals surface area contributed by atoms with E-state index in [1.54, 1.807) is 76.2 Å². The van der Waals surface area contributed by atoms with Crippen molar-refractivity contribution in [2.45, 2.75) is 302 Å². The summed E-state index contributed by atoms with van der Waals surface area (Å²) in [5, 5.41) is 0. The number of carbonyl (C=O) groups excluding carboxylic acids is 12. The van der Waals surface area contributed by atoms with Crippen molar-refractivity contribution in [1.29, 1.82) is 0 Å². The Bertz CT molecular complexity index is 2090. The second-order valence-electron chi connectivity index (χ2n) is 23.1. The molecule has 1 fully saturated rings. The maximum absolute atomic E-state index is 11.8. The molecule has 0 unspecified atom stereocenters. The van der Waals surface area contributed by atoms with E-state index >= 15 is 0 Å². The van der Waals surface area contributed by atoms with E-state index in [4.69, 9.17) is 56.8 Å². The summed E-state index contributed by atoms with van der Waals surface area (Å²) in [4.78, 5) is 135. The number of hydrogen-bond acceptors (Lipinski definition) is 24. The van der Waals surface area contributed by atoms with Crippen molar-refractivity contribution in [1.82, 2.24) is 0 Å². The molecule has 0 heterocycles. The molecule has 1 rings (SSSR count). The molecule has 0 aromatic carbocycles. The maximum atomic E-state index is 11.8. The summed E-state index contributed by atoms with van der Waals surface area (Å²) in [5.74, 6) is -5.09. The second kappa shape index (κ2) is 45.9. The molecule has 0 amide bonds. The van der Waals surface area contributed by atoms with E-state index in [-0.39, 0.29) is 69.2 Å². The molecule has 1 saturated carbocycles. The Labute approximate surface area is 519 Å². The standard InChI is InChI=1S/C12H20O4.2C11H20O4.2C10H18O4.C9H16O4/c1-4-10(13)16-12(2,3)11(14)15-9-7-5-6-8-9;1-6-9(12)15-11(4,5)10(13)14-7-8(2)3;1-5-7-8-14-10(13)11(3,4)15-9(12)6-2;1-6-8(11)14-10(4,5)9(12)13-7(2)3;1-5-7-13-9(12)10(3,4)14-8(11)6-2;1-5-7(10)13-9(3,4)8(11)12-6-2/h9H,4-8H2,1-3H3;8H,6-7H2,1-5H3;5-8H2,1-4H3;7H,6H2,1-5H3;5-7H2,1-4H3;5-6H2,1-4H3. The van der Waals surface area contributed by atoms with Crippen LogP contribution >= 0.6 is 0 Å². The molecule has 0 aromatic heterocycles. The molecule has 0 aromatic rings. The van der Waals surface area contributed by atoms with Gasteiger partial charge >= 0.3 is 71.6 Å². The average Bonchev–Trinajstić information content (AvgIpc) is 4.14. The lowest BCUT2D eigenvalue weighted by Crippen LogP contribution is -2.40. The van der Waals surface area contributed by atoms with Gasteiger partial charge in [0, 0.05) is 38.5 Å². The average molecular weight is 1250 g/mol. The maximum Gasteiger partial charge on any atom is 0.350 e. The molecule has 0 N–H and O–H groups in total. The topological polar surface area (TPSA) is 316 Å². The summed E-state index contributed by atoms with van der Waals surface area (Å²) in [6, 6.07) is 0. The fourth-order valence-electron chi connectivity index (χ4n) is 5.62. The number of hydrogen-bond donors (Lipinski definition) is 0. The molecule has 1 aliphatic carbocycles. The highest BCUT2D eigenvalue weighted by molar-refractivity contribution is 5.85. The van der Waals surface area contributed by atoms with Crippen LogP contribution in [0.1, 0.15) is 257 Å². The monoisotopic (exact) mass is 1250 g/mol. The van der Waals surface area contributed by atoms with Crippen molar-refractivity contribution >= 4 is 71.6 Å². The second-order valence-corrected chi connectivity index (χ2v) is 23.1. The van der Waals surface area contributed by atoms with Crippen LogP contribution in [-0.4, -0.2) is 144 Å². The zero-order valence-electron chi connectivity index (χ0n) is 57.6. The number of carbonyl (C=O) groups is 12. The van der Waals surface area contributed by atoms with Crippen molar-refractivity contribution in [3.63, 3.8) is 0 Å². The molecule has 0 saturated heterocycles. The van der Waals surface area contributed by atoms with Crippen LogP contribution in [-0.2, 0) is 114 Å². The molecule has 508 valence electrons. The summed E-state index contributed by atoms with van der Waals surface area (Å²) in [6.45, 7) is 42.8. The molecule has 0 spiro atoms. The molecular formula is C63H112O24. The van der Waals surface area contributed by atoms with Gasteiger partial charge < -0.3 is 56.8 Å². The van der Waals surface area contributed by atoms with Gasteiger partial charge in [0.1, 0.15) is 6.10 Å². The predicted molar refractivity (Wildman–Crippen MR) is 322 cm³/mol. The minimum atomic E-state index is -1.20. The van der Waals surface area contributed by atoms with Gasteiger partial charge in [0.15, 0.2) is 0 Å². The summed E-state index contributed by atoms with van der Waals surface area (Å²) in [7, 11) is 0. The Morgan fingerprint density at radius 2 is 0.632 bits per heavy atom. The number of unbranched alkanes of at least 4 members (excludes halogenated alkanes) is 1. The molecule has 0 aliphatic heterocycles. The van der Waals surface area contributed by atoms with Crippen LogP contribution in [0.4, 0.5) is 0 Å². The quantitative estimate of drug-likeness (QED) is 0.0399. The predicted octanol–water partition coefficient (Wildman–Crippen LogP) is 10.8. The zero-order chi connectivity index (χ0) is 69.2. The van der Waals surface area contributed by atoms with Crippen LogP contribution < -0.4 is 0 Å². The fourth-order valence-corrected chi connectivity index (χ4v) is 5.62. The third-order valence-electron chi connectivity index (χ3n) is 10.8. The summed E-state index contributed by atoms with van der Waals surface area (Å²) in [6.07, 6.45) is 7.91. The third-order valence-corrected chi connectivity index (χ3v) is 10.8. The molecule has 0 atom stereocenters. The number of esters is 12. The van der Waals surface area contributed by atoms with Gasteiger partial charge in [0.05, 0.1) is 32.5 Å².